The highest BCUT2D eigenvalue weighted by Gasteiger charge is 2.43. The molecule has 0 aromatic heterocycles. The Bertz CT molecular complexity index is 166. The Morgan fingerprint density at radius 3 is 1.92 bits per heavy atom. The summed E-state index contributed by atoms with van der Waals surface area (Å²) in [6.45, 7) is 2.57. The van der Waals surface area contributed by atoms with Crippen molar-refractivity contribution in [1.82, 2.24) is 0 Å². The van der Waals surface area contributed by atoms with Gasteiger partial charge in [0.05, 0.1) is 0 Å². The molecule has 0 aliphatic heterocycles. The molecule has 2 unspecified atom stereocenters. The molecule has 0 N–H and O–H groups in total. The summed E-state index contributed by atoms with van der Waals surface area (Å²) < 4.78 is 72.2. The molecule has 6 heteroatoms. The van der Waals surface area contributed by atoms with E-state index in [0.717, 1.165) is 0 Å². The van der Waals surface area contributed by atoms with Crippen molar-refractivity contribution in [3.63, 3.8) is 0 Å². The number of alkyl halides is 6. The first-order valence-corrected chi connectivity index (χ1v) is 3.39. The third-order valence-corrected chi connectivity index (χ3v) is 1.36. The van der Waals surface area contributed by atoms with Crippen LogP contribution >= 0.6 is 0 Å². The summed E-state index contributed by atoms with van der Waals surface area (Å²) in [5.74, 6) is -4.10. The predicted molar refractivity (Wildman–Crippen MR) is 35.6 cm³/mol. The van der Waals surface area contributed by atoms with Crippen LogP contribution in [0.3, 0.4) is 0 Å². The molecule has 0 spiro atoms. The molecule has 0 aliphatic rings. The fourth-order valence-electron chi connectivity index (χ4n) is 0.643. The zero-order valence-electron chi connectivity index (χ0n) is 6.49. The van der Waals surface area contributed by atoms with Gasteiger partial charge in [-0.05, 0) is 6.08 Å². The third kappa shape index (κ3) is 3.69. The van der Waals surface area contributed by atoms with E-state index >= 15 is 0 Å². The monoisotopic (exact) mass is 206 g/mol. The van der Waals surface area contributed by atoms with E-state index < -0.39 is 31.1 Å². The second-order valence-electron chi connectivity index (χ2n) is 2.42. The lowest BCUT2D eigenvalue weighted by Crippen LogP contribution is -2.36. The highest BCUT2D eigenvalue weighted by atomic mass is 19.3. The molecule has 0 bridgehead atoms. The van der Waals surface area contributed by atoms with Crippen molar-refractivity contribution in [3.8, 4) is 0 Å². The lowest BCUT2D eigenvalue weighted by Gasteiger charge is -2.19. The Morgan fingerprint density at radius 2 is 1.62 bits per heavy atom. The van der Waals surface area contributed by atoms with Crippen LogP contribution in [0.5, 0.6) is 0 Å². The number of halogens is 6. The van der Waals surface area contributed by atoms with Gasteiger partial charge in [0.1, 0.15) is 6.17 Å². The van der Waals surface area contributed by atoms with Gasteiger partial charge in [-0.2, -0.15) is 8.78 Å². The maximum Gasteiger partial charge on any atom is 0.299 e. The molecule has 0 fully saturated rings. The minimum absolute atomic E-state index is 0.101. The fraction of sp³-hybridized carbons (Fsp3) is 0.714. The van der Waals surface area contributed by atoms with Crippen LogP contribution in [0, 0.1) is 0 Å². The van der Waals surface area contributed by atoms with E-state index in [1.54, 1.807) is 0 Å². The van der Waals surface area contributed by atoms with Gasteiger partial charge < -0.3 is 0 Å². The normalized spacial score (nSPS) is 17.2. The molecule has 0 saturated heterocycles. The minimum atomic E-state index is -4.10. The van der Waals surface area contributed by atoms with Crippen LogP contribution in [-0.2, 0) is 0 Å². The van der Waals surface area contributed by atoms with Crippen LogP contribution < -0.4 is 0 Å². The van der Waals surface area contributed by atoms with Gasteiger partial charge >= 0.3 is 0 Å². The highest BCUT2D eigenvalue weighted by molar-refractivity contribution is 4.96. The van der Waals surface area contributed by atoms with Crippen molar-refractivity contribution in [2.75, 3.05) is 0 Å². The van der Waals surface area contributed by atoms with Crippen molar-refractivity contribution in [1.29, 1.82) is 0 Å². The third-order valence-electron chi connectivity index (χ3n) is 1.36. The summed E-state index contributed by atoms with van der Waals surface area (Å²) >= 11 is 0. The molecule has 0 nitrogen and oxygen atoms in total. The number of allylic oxidation sites excluding steroid dienone is 1. The molecule has 0 heterocycles. The van der Waals surface area contributed by atoms with Crippen LogP contribution in [0.4, 0.5) is 26.3 Å². The average Bonchev–Trinajstić information content (AvgIpc) is 2.01. The Balaban J connectivity index is 4.24. The summed E-state index contributed by atoms with van der Waals surface area (Å²) in [6.07, 6.45) is -10.9. The first-order valence-electron chi connectivity index (χ1n) is 3.39. The summed E-state index contributed by atoms with van der Waals surface area (Å²) in [5, 5.41) is 0. The van der Waals surface area contributed by atoms with Crippen LogP contribution in [0.15, 0.2) is 12.7 Å². The summed E-state index contributed by atoms with van der Waals surface area (Å²) in [4.78, 5) is 0. The Labute approximate surface area is 71.2 Å². The topological polar surface area (TPSA) is 0 Å². The lowest BCUT2D eigenvalue weighted by molar-refractivity contribution is -0.0710. The Morgan fingerprint density at radius 1 is 1.15 bits per heavy atom. The van der Waals surface area contributed by atoms with E-state index in [1.165, 1.54) is 0 Å². The second-order valence-corrected chi connectivity index (χ2v) is 2.42. The molecule has 0 saturated carbocycles. The zero-order chi connectivity index (χ0) is 10.6. The zero-order valence-corrected chi connectivity index (χ0v) is 6.49. The van der Waals surface area contributed by atoms with Gasteiger partial charge in [-0.25, -0.2) is 17.6 Å². The van der Waals surface area contributed by atoms with Crippen LogP contribution in [0.25, 0.3) is 0 Å². The van der Waals surface area contributed by atoms with Gasteiger partial charge in [-0.15, -0.1) is 0 Å². The van der Waals surface area contributed by atoms with E-state index in [9.17, 15) is 26.3 Å². The summed E-state index contributed by atoms with van der Waals surface area (Å²) in [6, 6.07) is 0. The maximum absolute atomic E-state index is 12.4. The molecular weight excluding hydrogens is 198 g/mol. The molecule has 0 radical (unpaired) electrons. The Kier molecular flexibility index (Phi) is 4.29. The van der Waals surface area contributed by atoms with Crippen LogP contribution in [0.1, 0.15) is 6.42 Å². The van der Waals surface area contributed by atoms with Crippen molar-refractivity contribution in [2.24, 2.45) is 0 Å². The first-order chi connectivity index (χ1) is 5.81. The fourth-order valence-corrected chi connectivity index (χ4v) is 0.643. The van der Waals surface area contributed by atoms with Crippen molar-refractivity contribution >= 4 is 0 Å². The van der Waals surface area contributed by atoms with E-state index in [-0.39, 0.29) is 6.08 Å². The number of hydrogen-bond acceptors (Lipinski definition) is 0. The van der Waals surface area contributed by atoms with Crippen molar-refractivity contribution in [3.05, 3.63) is 12.7 Å². The van der Waals surface area contributed by atoms with Crippen molar-refractivity contribution < 1.29 is 26.3 Å². The average molecular weight is 206 g/mol. The summed E-state index contributed by atoms with van der Waals surface area (Å²) in [5.41, 5.74) is 0. The van der Waals surface area contributed by atoms with E-state index in [4.69, 9.17) is 0 Å². The maximum atomic E-state index is 12.4. The van der Waals surface area contributed by atoms with Crippen molar-refractivity contribution in [2.45, 2.75) is 31.1 Å². The molecule has 78 valence electrons. The predicted octanol–water partition coefficient (Wildman–Crippen LogP) is 3.14. The van der Waals surface area contributed by atoms with E-state index in [1.807, 2.05) is 0 Å². The van der Waals surface area contributed by atoms with Gasteiger partial charge in [-0.3, -0.25) is 0 Å². The molecule has 0 amide bonds. The van der Waals surface area contributed by atoms with Crippen LogP contribution in [-0.4, -0.2) is 24.7 Å². The lowest BCUT2D eigenvalue weighted by atomic mass is 10.1. The second kappa shape index (κ2) is 4.53. The largest absolute Gasteiger partial charge is 0.299 e. The SMILES string of the molecule is C=CC(F)(F)C(F)C(F)CC(F)F. The molecule has 0 aromatic carbocycles. The van der Waals surface area contributed by atoms with Gasteiger partial charge in [0.2, 0.25) is 6.43 Å². The summed E-state index contributed by atoms with van der Waals surface area (Å²) in [7, 11) is 0. The number of hydrogen-bond donors (Lipinski definition) is 0. The standard InChI is InChI=1S/C7H8F6/c1-2-7(12,13)6(11)4(8)3-5(9)10/h2,4-6H,1,3H2. The molecule has 0 rings (SSSR count). The number of rotatable bonds is 5. The first kappa shape index (κ1) is 12.3. The van der Waals surface area contributed by atoms with E-state index in [2.05, 4.69) is 6.58 Å². The van der Waals surface area contributed by atoms with Gasteiger partial charge in [0.15, 0.2) is 6.17 Å². The molecule has 13 heavy (non-hydrogen) atoms. The smallest absolute Gasteiger partial charge is 0.244 e. The Hall–Kier alpha value is -0.680. The van der Waals surface area contributed by atoms with Gasteiger partial charge in [0, 0.05) is 6.42 Å². The van der Waals surface area contributed by atoms with Gasteiger partial charge in [-0.1, -0.05) is 6.58 Å². The van der Waals surface area contributed by atoms with E-state index in [0.29, 0.717) is 0 Å². The quantitative estimate of drug-likeness (QED) is 0.478. The van der Waals surface area contributed by atoms with Crippen LogP contribution in [0.2, 0.25) is 0 Å². The molecule has 0 aromatic rings. The van der Waals surface area contributed by atoms with Gasteiger partial charge in [0.25, 0.3) is 5.92 Å². The highest BCUT2D eigenvalue weighted by Crippen LogP contribution is 2.29. The minimum Gasteiger partial charge on any atom is -0.244 e. The molecule has 0 aliphatic carbocycles. The molecule has 2 atom stereocenters. The molecular formula is C7H8F6.